The van der Waals surface area contributed by atoms with Gasteiger partial charge in [0.05, 0.1) is 16.7 Å². The lowest BCUT2D eigenvalue weighted by molar-refractivity contribution is 0.154. The fourth-order valence-corrected chi connectivity index (χ4v) is 6.56. The van der Waals surface area contributed by atoms with Crippen molar-refractivity contribution in [3.63, 3.8) is 0 Å². The van der Waals surface area contributed by atoms with E-state index in [1.807, 2.05) is 30.5 Å². The highest BCUT2D eigenvalue weighted by Crippen LogP contribution is 2.53. The molecule has 2 fully saturated rings. The van der Waals surface area contributed by atoms with Gasteiger partial charge in [0.1, 0.15) is 0 Å². The first-order valence-corrected chi connectivity index (χ1v) is 12.0. The minimum absolute atomic E-state index is 0.0878. The molecular weight excluding hydrogens is 392 g/mol. The monoisotopic (exact) mass is 428 g/mol. The molecule has 0 spiro atoms. The Balaban J connectivity index is 1.45. The number of hydrogen-bond acceptors (Lipinski definition) is 6. The third-order valence-electron chi connectivity index (χ3n) is 6.33. The summed E-state index contributed by atoms with van der Waals surface area (Å²) in [7, 11) is 0. The second-order valence-corrected chi connectivity index (χ2v) is 12.1. The lowest BCUT2D eigenvalue weighted by Gasteiger charge is -2.46. The fourth-order valence-electron chi connectivity index (χ4n) is 5.41. The van der Waals surface area contributed by atoms with Gasteiger partial charge in [0.25, 0.3) is 0 Å². The summed E-state index contributed by atoms with van der Waals surface area (Å²) in [4.78, 5) is 11.9. The van der Waals surface area contributed by atoms with Gasteiger partial charge in [-0.15, -0.1) is 11.3 Å². The molecule has 2 aromatic heterocycles. The van der Waals surface area contributed by atoms with E-state index in [9.17, 15) is 5.11 Å². The molecule has 3 N–H and O–H groups in total. The van der Waals surface area contributed by atoms with Crippen LogP contribution in [-0.4, -0.2) is 38.3 Å². The second kappa shape index (κ2) is 7.88. The van der Waals surface area contributed by atoms with Gasteiger partial charge < -0.3 is 15.7 Å². The molecule has 0 amide bonds. The minimum atomic E-state index is -0.215. The summed E-state index contributed by atoms with van der Waals surface area (Å²) in [6.45, 7) is 10.9. The van der Waals surface area contributed by atoms with Crippen LogP contribution in [-0.2, 0) is 6.42 Å². The second-order valence-electron chi connectivity index (χ2n) is 10.9. The van der Waals surface area contributed by atoms with E-state index in [1.54, 1.807) is 0 Å². The molecule has 2 aromatic rings. The molecule has 6 heteroatoms. The number of rotatable bonds is 7. The molecule has 0 aromatic carbocycles. The Morgan fingerprint density at radius 3 is 2.50 bits per heavy atom. The number of aliphatic hydroxyl groups excluding tert-OH is 1. The maximum absolute atomic E-state index is 9.79. The zero-order valence-electron chi connectivity index (χ0n) is 19.0. The lowest BCUT2D eigenvalue weighted by atomic mass is 9.80. The number of nitrogens with zero attached hydrogens (tertiary/aromatic N) is 2. The van der Waals surface area contributed by atoms with Gasteiger partial charge in [-0.05, 0) is 96.8 Å². The van der Waals surface area contributed by atoms with Crippen molar-refractivity contribution in [3.8, 4) is 10.6 Å². The molecule has 0 bridgehead atoms. The van der Waals surface area contributed by atoms with Gasteiger partial charge in [-0.2, -0.15) is 0 Å². The van der Waals surface area contributed by atoms with Crippen LogP contribution in [0.2, 0.25) is 0 Å². The number of nitrogens with one attached hydrogen (secondary N) is 2. The van der Waals surface area contributed by atoms with Crippen molar-refractivity contribution in [1.82, 2.24) is 15.3 Å². The molecule has 0 radical (unpaired) electrons. The number of anilines is 1. The van der Waals surface area contributed by atoms with Gasteiger partial charge >= 0.3 is 0 Å². The van der Waals surface area contributed by atoms with E-state index in [2.05, 4.69) is 55.4 Å². The first-order valence-electron chi connectivity index (χ1n) is 11.2. The van der Waals surface area contributed by atoms with Crippen LogP contribution in [0.5, 0.6) is 0 Å². The molecule has 1 aliphatic carbocycles. The van der Waals surface area contributed by atoms with E-state index in [4.69, 9.17) is 4.98 Å². The van der Waals surface area contributed by atoms with Crippen molar-refractivity contribution < 1.29 is 5.11 Å². The van der Waals surface area contributed by atoms with Gasteiger partial charge in [0.15, 0.2) is 0 Å². The molecule has 2 aliphatic rings. The molecule has 30 heavy (non-hydrogen) atoms. The zero-order valence-corrected chi connectivity index (χ0v) is 19.8. The Hall–Kier alpha value is -1.50. The predicted octanol–water partition coefficient (Wildman–Crippen LogP) is 5.02. The maximum atomic E-state index is 9.79. The van der Waals surface area contributed by atoms with Crippen molar-refractivity contribution in [2.75, 3.05) is 5.32 Å². The smallest absolute Gasteiger partial charge is 0.223 e. The molecular formula is C24H36N4OS. The highest BCUT2D eigenvalue weighted by Gasteiger charge is 2.43. The molecule has 3 heterocycles. The summed E-state index contributed by atoms with van der Waals surface area (Å²) in [6, 6.07) is 6.76. The van der Waals surface area contributed by atoms with Crippen molar-refractivity contribution in [2.45, 2.75) is 96.4 Å². The van der Waals surface area contributed by atoms with Gasteiger partial charge in [-0.1, -0.05) is 0 Å². The summed E-state index contributed by atoms with van der Waals surface area (Å²) in [5.74, 6) is 0.716. The number of thiophene rings is 1. The number of piperidine rings is 1. The number of aliphatic hydroxyl groups is 1. The molecule has 1 saturated carbocycles. The Kier molecular flexibility index (Phi) is 5.71. The van der Waals surface area contributed by atoms with Gasteiger partial charge in [-0.25, -0.2) is 9.97 Å². The first-order chi connectivity index (χ1) is 14.0. The van der Waals surface area contributed by atoms with E-state index in [0.717, 1.165) is 31.4 Å². The van der Waals surface area contributed by atoms with E-state index in [0.29, 0.717) is 17.4 Å². The lowest BCUT2D eigenvalue weighted by Crippen LogP contribution is -2.60. The van der Waals surface area contributed by atoms with Crippen LogP contribution in [0, 0.1) is 5.41 Å². The van der Waals surface area contributed by atoms with Crippen molar-refractivity contribution in [3.05, 3.63) is 29.3 Å². The Labute approximate surface area is 184 Å². The van der Waals surface area contributed by atoms with Crippen molar-refractivity contribution in [1.29, 1.82) is 0 Å². The SMILES string of the molecule is CC(O)CC1(Cc2ccc(-c3ccnc(NC4CC(C)(C)NC(C)(C)C4)n3)s2)CC1. The quantitative estimate of drug-likeness (QED) is 0.578. The average molecular weight is 429 g/mol. The summed E-state index contributed by atoms with van der Waals surface area (Å²) in [5.41, 5.74) is 1.48. The van der Waals surface area contributed by atoms with Crippen LogP contribution >= 0.6 is 11.3 Å². The first kappa shape index (κ1) is 21.7. The summed E-state index contributed by atoms with van der Waals surface area (Å²) < 4.78 is 0. The normalized spacial score (nSPS) is 23.1. The predicted molar refractivity (Wildman–Crippen MR) is 125 cm³/mol. The molecule has 4 rings (SSSR count). The van der Waals surface area contributed by atoms with Gasteiger partial charge in [0, 0.05) is 28.2 Å². The van der Waals surface area contributed by atoms with E-state index in [1.165, 1.54) is 22.6 Å². The average Bonchev–Trinajstić information content (AvgIpc) is 3.16. The van der Waals surface area contributed by atoms with Crippen LogP contribution in [0.25, 0.3) is 10.6 Å². The van der Waals surface area contributed by atoms with Crippen LogP contribution in [0.15, 0.2) is 24.4 Å². The Morgan fingerprint density at radius 1 is 1.17 bits per heavy atom. The highest BCUT2D eigenvalue weighted by molar-refractivity contribution is 7.15. The summed E-state index contributed by atoms with van der Waals surface area (Å²) in [6.07, 6.45) is 8.16. The maximum Gasteiger partial charge on any atom is 0.223 e. The zero-order chi connectivity index (χ0) is 21.6. The van der Waals surface area contributed by atoms with Crippen molar-refractivity contribution >= 4 is 17.3 Å². The molecule has 1 saturated heterocycles. The molecule has 5 nitrogen and oxygen atoms in total. The largest absolute Gasteiger partial charge is 0.393 e. The van der Waals surface area contributed by atoms with Crippen LogP contribution in [0.3, 0.4) is 0 Å². The fraction of sp³-hybridized carbons (Fsp3) is 0.667. The topological polar surface area (TPSA) is 70.1 Å². The minimum Gasteiger partial charge on any atom is -0.393 e. The van der Waals surface area contributed by atoms with Gasteiger partial charge in [0.2, 0.25) is 5.95 Å². The Morgan fingerprint density at radius 2 is 1.87 bits per heavy atom. The molecule has 1 aliphatic heterocycles. The summed E-state index contributed by atoms with van der Waals surface area (Å²) in [5, 5.41) is 17.1. The summed E-state index contributed by atoms with van der Waals surface area (Å²) >= 11 is 1.82. The Bertz CT molecular complexity index is 869. The van der Waals surface area contributed by atoms with E-state index in [-0.39, 0.29) is 17.2 Å². The number of aromatic nitrogens is 2. The third kappa shape index (κ3) is 5.40. The molecule has 1 atom stereocenters. The van der Waals surface area contributed by atoms with E-state index < -0.39 is 0 Å². The van der Waals surface area contributed by atoms with Gasteiger partial charge in [-0.3, -0.25) is 0 Å². The van der Waals surface area contributed by atoms with Crippen molar-refractivity contribution in [2.24, 2.45) is 5.41 Å². The van der Waals surface area contributed by atoms with Crippen LogP contribution in [0.4, 0.5) is 5.95 Å². The van der Waals surface area contributed by atoms with Crippen LogP contribution < -0.4 is 10.6 Å². The standard InChI is InChI=1S/C24H36N4OS/c1-16(29)12-24(9-10-24)15-18-6-7-20(30-18)19-8-11-25-21(27-19)26-17-13-22(2,3)28-23(4,5)14-17/h6-8,11,16-17,28-29H,9-10,12-15H2,1-5H3,(H,25,26,27). The van der Waals surface area contributed by atoms with Crippen LogP contribution in [0.1, 0.15) is 71.6 Å². The van der Waals surface area contributed by atoms with E-state index >= 15 is 0 Å². The molecule has 164 valence electrons. The molecule has 1 unspecified atom stereocenters. The highest BCUT2D eigenvalue weighted by atomic mass is 32.1. The third-order valence-corrected chi connectivity index (χ3v) is 7.44. The number of hydrogen-bond donors (Lipinski definition) is 3.